The number of carbonyl (C=O) groups excluding carboxylic acids is 2. The fourth-order valence-corrected chi connectivity index (χ4v) is 3.93. The van der Waals surface area contributed by atoms with Gasteiger partial charge in [0.25, 0.3) is 0 Å². The summed E-state index contributed by atoms with van der Waals surface area (Å²) in [4.78, 5) is 24.2. The highest BCUT2D eigenvalue weighted by Crippen LogP contribution is 2.26. The zero-order valence-corrected chi connectivity index (χ0v) is 16.2. The van der Waals surface area contributed by atoms with E-state index in [9.17, 15) is 9.59 Å². The number of hydrogen-bond donors (Lipinski definition) is 0. The summed E-state index contributed by atoms with van der Waals surface area (Å²) in [6.45, 7) is 0. The Labute approximate surface area is 174 Å². The summed E-state index contributed by atoms with van der Waals surface area (Å²) in [6.07, 6.45) is 0. The van der Waals surface area contributed by atoms with Gasteiger partial charge < -0.3 is 0 Å². The minimum atomic E-state index is -0.0641. The summed E-state index contributed by atoms with van der Waals surface area (Å²) in [7, 11) is 0. The quantitative estimate of drug-likeness (QED) is 0.281. The molecule has 0 aliphatic heterocycles. The van der Waals surface area contributed by atoms with Crippen LogP contribution in [0.1, 0.15) is 31.8 Å². The van der Waals surface area contributed by atoms with Crippen molar-refractivity contribution in [3.05, 3.63) is 131 Å². The maximum Gasteiger partial charge on any atom is 0.194 e. The Bertz CT molecular complexity index is 1220. The van der Waals surface area contributed by atoms with Crippen molar-refractivity contribution in [1.82, 2.24) is 0 Å². The Hall–Kier alpha value is -4.04. The Balaban J connectivity index is 0.000000130. The maximum atomic E-state index is 12.1. The lowest BCUT2D eigenvalue weighted by molar-refractivity contribution is 0.0979. The first-order valence-corrected chi connectivity index (χ1v) is 9.87. The van der Waals surface area contributed by atoms with Gasteiger partial charge in [0, 0.05) is 22.3 Å². The van der Waals surface area contributed by atoms with E-state index in [1.54, 1.807) is 48.5 Å². The van der Waals surface area contributed by atoms with Crippen molar-refractivity contribution in [3.8, 4) is 0 Å². The van der Waals surface area contributed by atoms with E-state index in [1.807, 2.05) is 0 Å². The molecule has 0 unspecified atom stereocenters. The highest BCUT2D eigenvalue weighted by molar-refractivity contribution is 6.28. The van der Waals surface area contributed by atoms with Crippen LogP contribution in [0.3, 0.4) is 0 Å². The van der Waals surface area contributed by atoms with E-state index in [-0.39, 0.29) is 11.6 Å². The molecule has 5 aromatic carbocycles. The number of benzene rings is 5. The highest BCUT2D eigenvalue weighted by atomic mass is 16.1. The van der Waals surface area contributed by atoms with Crippen LogP contribution in [0.5, 0.6) is 0 Å². The molecular formula is C28H18O2. The summed E-state index contributed by atoms with van der Waals surface area (Å²) in [5, 5.41) is 5.25. The van der Waals surface area contributed by atoms with Crippen molar-refractivity contribution >= 4 is 33.1 Å². The predicted molar refractivity (Wildman–Crippen MR) is 121 cm³/mol. The van der Waals surface area contributed by atoms with Gasteiger partial charge in [-0.05, 0) is 33.7 Å². The smallest absolute Gasteiger partial charge is 0.194 e. The summed E-state index contributed by atoms with van der Waals surface area (Å²) < 4.78 is 0. The van der Waals surface area contributed by atoms with Crippen LogP contribution in [0.4, 0.5) is 0 Å². The normalized spacial score (nSPS) is 12.1. The third kappa shape index (κ3) is 3.09. The van der Waals surface area contributed by atoms with Crippen molar-refractivity contribution in [2.45, 2.75) is 0 Å². The molecule has 0 heterocycles. The molecule has 0 radical (unpaired) electrons. The molecule has 5 aromatic rings. The van der Waals surface area contributed by atoms with E-state index in [0.717, 1.165) is 0 Å². The predicted octanol–water partition coefficient (Wildman–Crippen LogP) is 6.46. The summed E-state index contributed by atoms with van der Waals surface area (Å²) in [5.74, 6) is -0.128. The first kappa shape index (κ1) is 18.0. The van der Waals surface area contributed by atoms with Crippen LogP contribution in [0.15, 0.2) is 109 Å². The Morgan fingerprint density at radius 1 is 0.333 bits per heavy atom. The molecule has 30 heavy (non-hydrogen) atoms. The van der Waals surface area contributed by atoms with Crippen LogP contribution >= 0.6 is 0 Å². The molecule has 1 aliphatic carbocycles. The van der Waals surface area contributed by atoms with Gasteiger partial charge in [-0.2, -0.15) is 0 Å². The molecule has 142 valence electrons. The minimum Gasteiger partial charge on any atom is -0.289 e. The lowest BCUT2D eigenvalue weighted by atomic mass is 9.84. The van der Waals surface area contributed by atoms with Crippen LogP contribution in [0.2, 0.25) is 0 Å². The standard InChI is InChI=1S/C14H8O2.C14H10/c15-13-9-5-1-2-6-10(9)14(16)12-8-4-3-7-11(12)13;1-2-6-12-10-14-8-4-3-7-13(14)9-11(12)5-1/h1-8H;1-10H. The van der Waals surface area contributed by atoms with Crippen molar-refractivity contribution in [2.24, 2.45) is 0 Å². The average Bonchev–Trinajstić information content (AvgIpc) is 2.81. The minimum absolute atomic E-state index is 0.0641. The number of ketones is 2. The molecule has 0 aromatic heterocycles. The third-order valence-electron chi connectivity index (χ3n) is 5.45. The van der Waals surface area contributed by atoms with Crippen molar-refractivity contribution in [1.29, 1.82) is 0 Å². The van der Waals surface area contributed by atoms with Gasteiger partial charge >= 0.3 is 0 Å². The number of fused-ring (bicyclic) bond motifs is 4. The first-order chi connectivity index (χ1) is 14.7. The van der Waals surface area contributed by atoms with Gasteiger partial charge in [0.05, 0.1) is 0 Å². The molecule has 6 rings (SSSR count). The van der Waals surface area contributed by atoms with Crippen molar-refractivity contribution < 1.29 is 9.59 Å². The topological polar surface area (TPSA) is 34.1 Å². The van der Waals surface area contributed by atoms with Crippen LogP contribution in [-0.2, 0) is 0 Å². The molecule has 2 heteroatoms. The zero-order chi connectivity index (χ0) is 20.5. The van der Waals surface area contributed by atoms with Crippen molar-refractivity contribution in [3.63, 3.8) is 0 Å². The molecule has 0 N–H and O–H groups in total. The summed E-state index contributed by atoms with van der Waals surface area (Å²) in [6, 6.07) is 35.3. The lowest BCUT2D eigenvalue weighted by Gasteiger charge is -2.16. The largest absolute Gasteiger partial charge is 0.289 e. The lowest BCUT2D eigenvalue weighted by Crippen LogP contribution is -2.20. The molecule has 0 amide bonds. The van der Waals surface area contributed by atoms with Gasteiger partial charge in [0.15, 0.2) is 11.6 Å². The van der Waals surface area contributed by atoms with Crippen LogP contribution < -0.4 is 0 Å². The second-order valence-electron chi connectivity index (χ2n) is 7.30. The number of carbonyl (C=O) groups is 2. The van der Waals surface area contributed by atoms with Gasteiger partial charge in [0.1, 0.15) is 0 Å². The number of hydrogen-bond acceptors (Lipinski definition) is 2. The first-order valence-electron chi connectivity index (χ1n) is 9.87. The van der Waals surface area contributed by atoms with E-state index in [0.29, 0.717) is 22.3 Å². The Morgan fingerprint density at radius 2 is 0.567 bits per heavy atom. The zero-order valence-electron chi connectivity index (χ0n) is 16.2. The van der Waals surface area contributed by atoms with Gasteiger partial charge in [-0.15, -0.1) is 0 Å². The maximum absolute atomic E-state index is 12.1. The fraction of sp³-hybridized carbons (Fsp3) is 0. The number of rotatable bonds is 0. The molecule has 1 aliphatic rings. The molecule has 0 saturated carbocycles. The van der Waals surface area contributed by atoms with Crippen LogP contribution in [-0.4, -0.2) is 11.6 Å². The Kier molecular flexibility index (Phi) is 4.45. The second-order valence-corrected chi connectivity index (χ2v) is 7.30. The average molecular weight is 386 g/mol. The van der Waals surface area contributed by atoms with Crippen LogP contribution in [0, 0.1) is 0 Å². The fourth-order valence-electron chi connectivity index (χ4n) is 3.93. The molecule has 0 atom stereocenters. The van der Waals surface area contributed by atoms with Crippen LogP contribution in [0.25, 0.3) is 21.5 Å². The second kappa shape index (κ2) is 7.41. The Morgan fingerprint density at radius 3 is 0.833 bits per heavy atom. The monoisotopic (exact) mass is 386 g/mol. The summed E-state index contributed by atoms with van der Waals surface area (Å²) in [5.41, 5.74) is 2.02. The molecule has 0 spiro atoms. The van der Waals surface area contributed by atoms with E-state index in [1.165, 1.54) is 21.5 Å². The molecule has 0 saturated heterocycles. The van der Waals surface area contributed by atoms with Gasteiger partial charge in [-0.1, -0.05) is 97.1 Å². The van der Waals surface area contributed by atoms with Gasteiger partial charge in [0.2, 0.25) is 0 Å². The van der Waals surface area contributed by atoms with E-state index in [4.69, 9.17) is 0 Å². The molecular weight excluding hydrogens is 368 g/mol. The van der Waals surface area contributed by atoms with E-state index < -0.39 is 0 Å². The molecule has 0 fully saturated rings. The van der Waals surface area contributed by atoms with E-state index in [2.05, 4.69) is 60.7 Å². The van der Waals surface area contributed by atoms with Gasteiger partial charge in [-0.25, -0.2) is 0 Å². The SMILES string of the molecule is O=C1c2ccccc2C(=O)c2ccccc21.c1ccc2cc3ccccc3cc2c1. The summed E-state index contributed by atoms with van der Waals surface area (Å²) >= 11 is 0. The molecule has 0 bridgehead atoms. The van der Waals surface area contributed by atoms with E-state index >= 15 is 0 Å². The highest BCUT2D eigenvalue weighted by Gasteiger charge is 2.28. The molecule has 2 nitrogen and oxygen atoms in total. The van der Waals surface area contributed by atoms with Crippen molar-refractivity contribution in [2.75, 3.05) is 0 Å². The third-order valence-corrected chi connectivity index (χ3v) is 5.45. The van der Waals surface area contributed by atoms with Gasteiger partial charge in [-0.3, -0.25) is 9.59 Å².